The van der Waals surface area contributed by atoms with Gasteiger partial charge in [0.1, 0.15) is 0 Å². The molecule has 0 saturated heterocycles. The number of benzene rings is 1. The van der Waals surface area contributed by atoms with E-state index in [9.17, 15) is 4.57 Å². The monoisotopic (exact) mass is 356 g/mol. The highest BCUT2D eigenvalue weighted by Crippen LogP contribution is 2.48. The summed E-state index contributed by atoms with van der Waals surface area (Å²) in [4.78, 5) is 9.02. The normalized spacial score (nSPS) is 12.3. The Hall–Kier alpha value is -1.07. The van der Waals surface area contributed by atoms with E-state index < -0.39 is 7.60 Å². The van der Waals surface area contributed by atoms with Crippen LogP contribution in [0, 0.1) is 0 Å². The van der Waals surface area contributed by atoms with Gasteiger partial charge in [0.2, 0.25) is 0 Å². The molecule has 20 heavy (non-hydrogen) atoms. The van der Waals surface area contributed by atoms with Crippen molar-refractivity contribution < 1.29 is 13.6 Å². The molecule has 106 valence electrons. The van der Waals surface area contributed by atoms with E-state index in [2.05, 4.69) is 25.9 Å². The molecule has 7 heteroatoms. The van der Waals surface area contributed by atoms with Crippen molar-refractivity contribution in [1.82, 2.24) is 9.97 Å². The van der Waals surface area contributed by atoms with Gasteiger partial charge in [-0.05, 0) is 18.2 Å². The average molecular weight is 357 g/mol. The van der Waals surface area contributed by atoms with Crippen molar-refractivity contribution in [3.05, 3.63) is 41.5 Å². The minimum absolute atomic E-state index is 0.550. The number of hydrogen-bond donors (Lipinski definition) is 0. The lowest BCUT2D eigenvalue weighted by Gasteiger charge is -2.08. The van der Waals surface area contributed by atoms with Crippen molar-refractivity contribution >= 4 is 40.6 Å². The molecule has 1 aromatic carbocycles. The maximum Gasteiger partial charge on any atom is 0.353 e. The largest absolute Gasteiger partial charge is 0.353 e. The Bertz CT molecular complexity index is 682. The summed E-state index contributed by atoms with van der Waals surface area (Å²) in [6.45, 7) is 0. The molecule has 0 bridgehead atoms. The minimum Gasteiger partial charge on any atom is -0.309 e. The first-order valence-electron chi connectivity index (χ1n) is 5.84. The Balaban J connectivity index is 2.48. The summed E-state index contributed by atoms with van der Waals surface area (Å²) in [5.41, 5.74) is 3.00. The lowest BCUT2D eigenvalue weighted by atomic mass is 10.2. The van der Waals surface area contributed by atoms with Gasteiger partial charge in [-0.2, -0.15) is 0 Å². The summed E-state index contributed by atoms with van der Waals surface area (Å²) < 4.78 is 21.7. The Morgan fingerprint density at radius 1 is 1.20 bits per heavy atom. The van der Waals surface area contributed by atoms with Gasteiger partial charge in [0.05, 0.1) is 22.4 Å². The van der Waals surface area contributed by atoms with E-state index in [1.807, 2.05) is 24.3 Å². The summed E-state index contributed by atoms with van der Waals surface area (Å²) in [5, 5.41) is 0.550. The predicted molar refractivity (Wildman–Crippen MR) is 82.8 cm³/mol. The fourth-order valence-corrected chi connectivity index (χ4v) is 2.77. The fourth-order valence-electron chi connectivity index (χ4n) is 1.64. The first-order chi connectivity index (χ1) is 9.61. The Morgan fingerprint density at radius 3 is 2.35 bits per heavy atom. The van der Waals surface area contributed by atoms with Gasteiger partial charge in [0.25, 0.3) is 0 Å². The number of alkyl halides is 1. The van der Waals surface area contributed by atoms with Crippen LogP contribution in [-0.2, 0) is 18.9 Å². The van der Waals surface area contributed by atoms with Gasteiger partial charge < -0.3 is 9.05 Å². The second-order valence-corrected chi connectivity index (χ2v) is 6.57. The van der Waals surface area contributed by atoms with Crippen LogP contribution in [0.1, 0.15) is 11.4 Å². The first kappa shape index (κ1) is 15.3. The fraction of sp³-hybridized carbons (Fsp3) is 0.231. The van der Waals surface area contributed by atoms with Crippen molar-refractivity contribution in [3.63, 3.8) is 0 Å². The van der Waals surface area contributed by atoms with Crippen LogP contribution < -0.4 is 0 Å². The van der Waals surface area contributed by atoms with Crippen molar-refractivity contribution in [3.8, 4) is 0 Å². The number of fused-ring (bicyclic) bond motifs is 1. The molecule has 0 saturated carbocycles. The van der Waals surface area contributed by atoms with Gasteiger partial charge in [-0.3, -0.25) is 4.57 Å². The molecule has 1 aromatic heterocycles. The molecule has 2 aromatic rings. The molecule has 5 nitrogen and oxygen atoms in total. The summed E-state index contributed by atoms with van der Waals surface area (Å²) in [5.74, 6) is 1.39. The molecule has 1 heterocycles. The summed E-state index contributed by atoms with van der Waals surface area (Å²) >= 11 is 3.38. The van der Waals surface area contributed by atoms with Crippen LogP contribution in [0.25, 0.3) is 17.1 Å². The lowest BCUT2D eigenvalue weighted by Crippen LogP contribution is -1.96. The third-order valence-electron chi connectivity index (χ3n) is 2.72. The zero-order valence-electron chi connectivity index (χ0n) is 11.1. The van der Waals surface area contributed by atoms with Gasteiger partial charge in [0.15, 0.2) is 0 Å². The SMILES string of the molecule is COP(=O)(/C=C/c1nc2ccccc2nc1CBr)OC. The molecule has 0 amide bonds. The Kier molecular flexibility index (Phi) is 5.05. The minimum atomic E-state index is -3.20. The van der Waals surface area contributed by atoms with Crippen LogP contribution in [0.2, 0.25) is 0 Å². The van der Waals surface area contributed by atoms with Crippen molar-refractivity contribution in [2.24, 2.45) is 0 Å². The van der Waals surface area contributed by atoms with Gasteiger partial charge >= 0.3 is 7.60 Å². The number of hydrogen-bond acceptors (Lipinski definition) is 5. The molecular formula is C13H14BrN2O3P. The van der Waals surface area contributed by atoms with Gasteiger partial charge in [-0.1, -0.05) is 28.1 Å². The number of aromatic nitrogens is 2. The van der Waals surface area contributed by atoms with Crippen LogP contribution in [0.4, 0.5) is 0 Å². The third-order valence-corrected chi connectivity index (χ3v) is 4.79. The highest BCUT2D eigenvalue weighted by molar-refractivity contribution is 9.08. The van der Waals surface area contributed by atoms with E-state index in [0.717, 1.165) is 16.7 Å². The molecule has 0 atom stereocenters. The van der Waals surface area contributed by atoms with Crippen LogP contribution in [0.3, 0.4) is 0 Å². The second-order valence-electron chi connectivity index (χ2n) is 3.90. The van der Waals surface area contributed by atoms with Gasteiger partial charge in [-0.15, -0.1) is 0 Å². The lowest BCUT2D eigenvalue weighted by molar-refractivity contribution is 0.286. The molecule has 0 aliphatic rings. The summed E-state index contributed by atoms with van der Waals surface area (Å²) in [6, 6.07) is 7.59. The zero-order valence-corrected chi connectivity index (χ0v) is 13.6. The molecule has 0 spiro atoms. The predicted octanol–water partition coefficient (Wildman–Crippen LogP) is 3.98. The number of rotatable bonds is 5. The zero-order chi connectivity index (χ0) is 14.6. The highest BCUT2D eigenvalue weighted by Gasteiger charge is 2.16. The second kappa shape index (κ2) is 6.59. The van der Waals surface area contributed by atoms with Gasteiger partial charge in [0, 0.05) is 25.4 Å². The third kappa shape index (κ3) is 3.33. The molecule has 0 fully saturated rings. The number of nitrogens with zero attached hydrogens (tertiary/aromatic N) is 2. The van der Waals surface area contributed by atoms with Crippen LogP contribution >= 0.6 is 23.5 Å². The Morgan fingerprint density at radius 2 is 1.80 bits per heavy atom. The summed E-state index contributed by atoms with van der Waals surface area (Å²) in [6.07, 6.45) is 1.61. The number of para-hydroxylation sites is 2. The molecule has 2 rings (SSSR count). The molecule has 0 N–H and O–H groups in total. The van der Waals surface area contributed by atoms with E-state index in [4.69, 9.17) is 9.05 Å². The van der Waals surface area contributed by atoms with E-state index in [0.29, 0.717) is 11.0 Å². The van der Waals surface area contributed by atoms with Crippen LogP contribution in [-0.4, -0.2) is 24.2 Å². The topological polar surface area (TPSA) is 61.3 Å². The van der Waals surface area contributed by atoms with Crippen molar-refractivity contribution in [1.29, 1.82) is 0 Å². The maximum absolute atomic E-state index is 12.0. The van der Waals surface area contributed by atoms with Crippen LogP contribution in [0.15, 0.2) is 30.1 Å². The van der Waals surface area contributed by atoms with E-state index in [-0.39, 0.29) is 0 Å². The Labute approximate surface area is 125 Å². The summed E-state index contributed by atoms with van der Waals surface area (Å²) in [7, 11) is -0.522. The maximum atomic E-state index is 12.0. The molecule has 0 radical (unpaired) electrons. The van der Waals surface area contributed by atoms with Gasteiger partial charge in [-0.25, -0.2) is 9.97 Å². The number of halogens is 1. The van der Waals surface area contributed by atoms with Crippen molar-refractivity contribution in [2.75, 3.05) is 14.2 Å². The van der Waals surface area contributed by atoms with E-state index in [1.54, 1.807) is 6.08 Å². The smallest absolute Gasteiger partial charge is 0.309 e. The van der Waals surface area contributed by atoms with Crippen molar-refractivity contribution in [2.45, 2.75) is 5.33 Å². The van der Waals surface area contributed by atoms with E-state index in [1.165, 1.54) is 20.0 Å². The standard InChI is InChI=1S/C13H14BrN2O3P/c1-18-20(17,19-2)8-7-12-13(9-14)16-11-6-4-3-5-10(11)15-12/h3-8H,9H2,1-2H3/b8-7+. The molecular weight excluding hydrogens is 343 g/mol. The molecule has 0 aliphatic carbocycles. The first-order valence-corrected chi connectivity index (χ1v) is 8.57. The quantitative estimate of drug-likeness (QED) is 0.598. The van der Waals surface area contributed by atoms with E-state index >= 15 is 0 Å². The highest BCUT2D eigenvalue weighted by atomic mass is 79.9. The molecule has 0 unspecified atom stereocenters. The van der Waals surface area contributed by atoms with Crippen LogP contribution in [0.5, 0.6) is 0 Å². The molecule has 0 aliphatic heterocycles. The average Bonchev–Trinajstić information content (AvgIpc) is 2.51.